The van der Waals surface area contributed by atoms with Gasteiger partial charge in [0.1, 0.15) is 0 Å². The molecule has 3 heteroatoms. The Labute approximate surface area is 114 Å². The monoisotopic (exact) mass is 262 g/mol. The van der Waals surface area contributed by atoms with Crippen molar-refractivity contribution in [3.8, 4) is 0 Å². The van der Waals surface area contributed by atoms with Crippen LogP contribution in [0.25, 0.3) is 0 Å². The van der Waals surface area contributed by atoms with Crippen LogP contribution in [0.5, 0.6) is 0 Å². The van der Waals surface area contributed by atoms with E-state index in [1.54, 1.807) is 0 Å². The van der Waals surface area contributed by atoms with Gasteiger partial charge in [0.25, 0.3) is 0 Å². The number of rotatable bonds is 4. The van der Waals surface area contributed by atoms with Crippen LogP contribution in [-0.2, 0) is 16.0 Å². The molecule has 104 valence electrons. The largest absolute Gasteiger partial charge is 0.481 e. The highest BCUT2D eigenvalue weighted by molar-refractivity contribution is 5.74. The van der Waals surface area contributed by atoms with Crippen molar-refractivity contribution in [1.29, 1.82) is 0 Å². The van der Waals surface area contributed by atoms with Crippen molar-refractivity contribution in [2.24, 2.45) is 11.3 Å². The fraction of sp³-hybridized carbons (Fsp3) is 0.562. The lowest BCUT2D eigenvalue weighted by Crippen LogP contribution is -2.36. The lowest BCUT2D eigenvalue weighted by Gasteiger charge is -2.35. The first-order chi connectivity index (χ1) is 8.95. The SMILES string of the molecule is CC(C)C(C)(CC1OCCc2ccccc21)C(=O)O. The Morgan fingerprint density at radius 2 is 2.16 bits per heavy atom. The van der Waals surface area contributed by atoms with Gasteiger partial charge in [0.2, 0.25) is 0 Å². The van der Waals surface area contributed by atoms with Gasteiger partial charge in [0, 0.05) is 0 Å². The maximum Gasteiger partial charge on any atom is 0.309 e. The summed E-state index contributed by atoms with van der Waals surface area (Å²) in [5.74, 6) is -0.670. The average molecular weight is 262 g/mol. The molecule has 1 aromatic carbocycles. The van der Waals surface area contributed by atoms with Crippen LogP contribution in [0, 0.1) is 11.3 Å². The Morgan fingerprint density at radius 1 is 1.47 bits per heavy atom. The van der Waals surface area contributed by atoms with Crippen molar-refractivity contribution in [3.05, 3.63) is 35.4 Å². The Kier molecular flexibility index (Phi) is 3.95. The summed E-state index contributed by atoms with van der Waals surface area (Å²) in [4.78, 5) is 11.6. The van der Waals surface area contributed by atoms with E-state index in [2.05, 4.69) is 12.1 Å². The standard InChI is InChI=1S/C16H22O3/c1-11(2)16(3,15(17)18)10-14-13-7-5-4-6-12(13)8-9-19-14/h4-7,11,14H,8-10H2,1-3H3,(H,17,18). The number of benzene rings is 1. The maximum atomic E-state index is 11.6. The molecule has 1 heterocycles. The Bertz CT molecular complexity index is 467. The molecule has 0 aliphatic carbocycles. The lowest BCUT2D eigenvalue weighted by atomic mass is 9.73. The molecule has 0 saturated heterocycles. The van der Waals surface area contributed by atoms with Gasteiger partial charge in [-0.3, -0.25) is 4.79 Å². The average Bonchev–Trinajstić information content (AvgIpc) is 2.38. The van der Waals surface area contributed by atoms with E-state index in [-0.39, 0.29) is 12.0 Å². The second-order valence-electron chi connectivity index (χ2n) is 5.89. The van der Waals surface area contributed by atoms with Gasteiger partial charge in [0.05, 0.1) is 18.1 Å². The first kappa shape index (κ1) is 14.1. The zero-order valence-electron chi connectivity index (χ0n) is 11.8. The smallest absolute Gasteiger partial charge is 0.309 e. The van der Waals surface area contributed by atoms with Gasteiger partial charge >= 0.3 is 5.97 Å². The summed E-state index contributed by atoms with van der Waals surface area (Å²) in [5, 5.41) is 9.53. The van der Waals surface area contributed by atoms with Crippen LogP contribution in [0.15, 0.2) is 24.3 Å². The van der Waals surface area contributed by atoms with E-state index in [1.807, 2.05) is 32.9 Å². The third kappa shape index (κ3) is 2.66. The van der Waals surface area contributed by atoms with Gasteiger partial charge in [-0.25, -0.2) is 0 Å². The number of ether oxygens (including phenoxy) is 1. The second kappa shape index (κ2) is 5.33. The second-order valence-corrected chi connectivity index (χ2v) is 5.89. The molecule has 1 aliphatic rings. The molecule has 1 aliphatic heterocycles. The van der Waals surface area contributed by atoms with Gasteiger partial charge in [-0.2, -0.15) is 0 Å². The van der Waals surface area contributed by atoms with E-state index in [0.717, 1.165) is 12.0 Å². The highest BCUT2D eigenvalue weighted by atomic mass is 16.5. The molecular weight excluding hydrogens is 240 g/mol. The number of hydrogen-bond donors (Lipinski definition) is 1. The normalized spacial score (nSPS) is 21.8. The van der Waals surface area contributed by atoms with Crippen molar-refractivity contribution in [2.75, 3.05) is 6.61 Å². The van der Waals surface area contributed by atoms with Crippen molar-refractivity contribution in [2.45, 2.75) is 39.7 Å². The van der Waals surface area contributed by atoms with Crippen LogP contribution in [0.1, 0.15) is 44.4 Å². The highest BCUT2D eigenvalue weighted by Gasteiger charge is 2.40. The van der Waals surface area contributed by atoms with Crippen LogP contribution in [-0.4, -0.2) is 17.7 Å². The maximum absolute atomic E-state index is 11.6. The lowest BCUT2D eigenvalue weighted by molar-refractivity contribution is -0.154. The van der Waals surface area contributed by atoms with E-state index in [0.29, 0.717) is 13.0 Å². The third-order valence-electron chi connectivity index (χ3n) is 4.46. The molecule has 2 rings (SSSR count). The fourth-order valence-corrected chi connectivity index (χ4v) is 2.60. The first-order valence-electron chi connectivity index (χ1n) is 6.88. The number of carboxylic acid groups (broad SMARTS) is 1. The number of aliphatic carboxylic acids is 1. The highest BCUT2D eigenvalue weighted by Crippen LogP contribution is 2.41. The van der Waals surface area contributed by atoms with Crippen molar-refractivity contribution >= 4 is 5.97 Å². The molecule has 0 fully saturated rings. The molecule has 2 unspecified atom stereocenters. The summed E-state index contributed by atoms with van der Waals surface area (Å²) in [6, 6.07) is 8.19. The molecular formula is C16H22O3. The summed E-state index contributed by atoms with van der Waals surface area (Å²) in [7, 11) is 0. The minimum Gasteiger partial charge on any atom is -0.481 e. The number of carboxylic acids is 1. The predicted octanol–water partition coefficient (Wildman–Crippen LogP) is 3.44. The van der Waals surface area contributed by atoms with E-state index >= 15 is 0 Å². The molecule has 0 spiro atoms. The van der Waals surface area contributed by atoms with Crippen LogP contribution in [0.4, 0.5) is 0 Å². The zero-order chi connectivity index (χ0) is 14.0. The molecule has 19 heavy (non-hydrogen) atoms. The van der Waals surface area contributed by atoms with Crippen molar-refractivity contribution in [1.82, 2.24) is 0 Å². The van der Waals surface area contributed by atoms with Crippen molar-refractivity contribution in [3.63, 3.8) is 0 Å². The first-order valence-corrected chi connectivity index (χ1v) is 6.88. The van der Waals surface area contributed by atoms with Gasteiger partial charge in [-0.1, -0.05) is 38.1 Å². The molecule has 0 saturated carbocycles. The van der Waals surface area contributed by atoms with Gasteiger partial charge < -0.3 is 9.84 Å². The zero-order valence-corrected chi connectivity index (χ0v) is 11.8. The van der Waals surface area contributed by atoms with Crippen LogP contribution < -0.4 is 0 Å². The Hall–Kier alpha value is -1.35. The van der Waals surface area contributed by atoms with Gasteiger partial charge in [-0.05, 0) is 36.8 Å². The van der Waals surface area contributed by atoms with E-state index in [4.69, 9.17) is 4.74 Å². The van der Waals surface area contributed by atoms with E-state index in [9.17, 15) is 9.90 Å². The molecule has 0 amide bonds. The Morgan fingerprint density at radius 3 is 2.79 bits per heavy atom. The topological polar surface area (TPSA) is 46.5 Å². The summed E-state index contributed by atoms with van der Waals surface area (Å²) in [6.07, 6.45) is 1.34. The third-order valence-corrected chi connectivity index (χ3v) is 4.46. The quantitative estimate of drug-likeness (QED) is 0.904. The summed E-state index contributed by atoms with van der Waals surface area (Å²) >= 11 is 0. The van der Waals surface area contributed by atoms with E-state index < -0.39 is 11.4 Å². The van der Waals surface area contributed by atoms with Crippen LogP contribution >= 0.6 is 0 Å². The van der Waals surface area contributed by atoms with E-state index in [1.165, 1.54) is 5.56 Å². The number of fused-ring (bicyclic) bond motifs is 1. The van der Waals surface area contributed by atoms with Crippen LogP contribution in [0.3, 0.4) is 0 Å². The summed E-state index contributed by atoms with van der Waals surface area (Å²) in [6.45, 7) is 6.42. The molecule has 1 N–H and O–H groups in total. The summed E-state index contributed by atoms with van der Waals surface area (Å²) in [5.41, 5.74) is 1.69. The predicted molar refractivity (Wildman–Crippen MR) is 74.0 cm³/mol. The molecule has 0 radical (unpaired) electrons. The minimum atomic E-state index is -0.755. The Balaban J connectivity index is 2.27. The molecule has 3 nitrogen and oxygen atoms in total. The number of hydrogen-bond acceptors (Lipinski definition) is 2. The molecule has 0 bridgehead atoms. The molecule has 2 atom stereocenters. The van der Waals surface area contributed by atoms with Crippen LogP contribution in [0.2, 0.25) is 0 Å². The number of carbonyl (C=O) groups is 1. The van der Waals surface area contributed by atoms with Gasteiger partial charge in [-0.15, -0.1) is 0 Å². The molecule has 0 aromatic heterocycles. The summed E-state index contributed by atoms with van der Waals surface area (Å²) < 4.78 is 5.84. The van der Waals surface area contributed by atoms with Crippen molar-refractivity contribution < 1.29 is 14.6 Å². The molecule has 1 aromatic rings. The minimum absolute atomic E-state index is 0.0719. The fourth-order valence-electron chi connectivity index (χ4n) is 2.60. The van der Waals surface area contributed by atoms with Gasteiger partial charge in [0.15, 0.2) is 0 Å².